The van der Waals surface area contributed by atoms with Gasteiger partial charge in [0, 0.05) is 11.2 Å². The number of aliphatic hydroxyl groups is 1. The molecule has 0 aliphatic carbocycles. The average Bonchev–Trinajstić information content (AvgIpc) is 2.76. The number of nitrogens with one attached hydrogen (secondary N) is 1. The molecule has 1 aromatic heterocycles. The van der Waals surface area contributed by atoms with E-state index in [1.165, 1.54) is 12.1 Å². The van der Waals surface area contributed by atoms with E-state index in [2.05, 4.69) is 10.4 Å². The van der Waals surface area contributed by atoms with E-state index in [0.29, 0.717) is 11.6 Å². The molecule has 0 amide bonds. The molecule has 0 aliphatic heterocycles. The maximum Gasteiger partial charge on any atom is 0.124 e. The van der Waals surface area contributed by atoms with Gasteiger partial charge in [0.1, 0.15) is 5.82 Å². The van der Waals surface area contributed by atoms with Crippen LogP contribution in [0.2, 0.25) is 5.02 Å². The minimum absolute atomic E-state index is 0.0421. The molecule has 102 valence electrons. The van der Waals surface area contributed by atoms with Crippen LogP contribution in [0.5, 0.6) is 0 Å². The molecule has 2 N–H and O–H groups in total. The highest BCUT2D eigenvalue weighted by Gasteiger charge is 2.11. The van der Waals surface area contributed by atoms with Gasteiger partial charge in [-0.1, -0.05) is 17.7 Å². The van der Waals surface area contributed by atoms with Crippen molar-refractivity contribution >= 4 is 17.3 Å². The first-order chi connectivity index (χ1) is 9.10. The second-order valence-corrected chi connectivity index (χ2v) is 4.65. The molecule has 19 heavy (non-hydrogen) atoms. The van der Waals surface area contributed by atoms with E-state index in [0.717, 1.165) is 11.3 Å². The zero-order valence-corrected chi connectivity index (χ0v) is 11.2. The monoisotopic (exact) mass is 283 g/mol. The van der Waals surface area contributed by atoms with E-state index in [1.807, 2.05) is 6.92 Å². The van der Waals surface area contributed by atoms with Crippen LogP contribution in [0.1, 0.15) is 18.5 Å². The molecule has 2 aromatic rings. The Hall–Kier alpha value is -1.59. The minimum Gasteiger partial charge on any atom is -0.394 e. The summed E-state index contributed by atoms with van der Waals surface area (Å²) in [5, 5.41) is 16.5. The molecule has 0 radical (unpaired) electrons. The summed E-state index contributed by atoms with van der Waals surface area (Å²) in [5.41, 5.74) is 1.64. The van der Waals surface area contributed by atoms with Gasteiger partial charge < -0.3 is 10.4 Å². The van der Waals surface area contributed by atoms with Gasteiger partial charge in [-0.2, -0.15) is 5.10 Å². The molecule has 0 saturated heterocycles. The fraction of sp³-hybridized carbons (Fsp3) is 0.308. The predicted molar refractivity (Wildman–Crippen MR) is 72.8 cm³/mol. The van der Waals surface area contributed by atoms with Gasteiger partial charge >= 0.3 is 0 Å². The molecule has 0 bridgehead atoms. The SMILES string of the molecule is CC(Nc1cnn(CCO)c1)c1ccc(F)cc1Cl. The van der Waals surface area contributed by atoms with Gasteiger partial charge in [-0.15, -0.1) is 0 Å². The summed E-state index contributed by atoms with van der Waals surface area (Å²) in [7, 11) is 0. The number of hydrogen-bond donors (Lipinski definition) is 2. The third kappa shape index (κ3) is 3.45. The topological polar surface area (TPSA) is 50.1 Å². The first kappa shape index (κ1) is 13.8. The van der Waals surface area contributed by atoms with Gasteiger partial charge in [0.2, 0.25) is 0 Å². The lowest BCUT2D eigenvalue weighted by Crippen LogP contribution is -2.07. The van der Waals surface area contributed by atoms with Gasteiger partial charge in [0.05, 0.1) is 31.1 Å². The molecule has 1 heterocycles. The zero-order valence-electron chi connectivity index (χ0n) is 10.5. The number of halogens is 2. The second kappa shape index (κ2) is 6.04. The van der Waals surface area contributed by atoms with Crippen molar-refractivity contribution < 1.29 is 9.50 Å². The van der Waals surface area contributed by atoms with Crippen LogP contribution in [-0.4, -0.2) is 21.5 Å². The fourth-order valence-corrected chi connectivity index (χ4v) is 2.17. The van der Waals surface area contributed by atoms with E-state index in [1.54, 1.807) is 23.1 Å². The maximum atomic E-state index is 13.0. The third-order valence-electron chi connectivity index (χ3n) is 2.77. The number of hydrogen-bond acceptors (Lipinski definition) is 3. The number of aliphatic hydroxyl groups excluding tert-OH is 1. The number of aromatic nitrogens is 2. The summed E-state index contributed by atoms with van der Waals surface area (Å²) in [5.74, 6) is -0.350. The molecule has 0 aliphatic rings. The molecule has 4 nitrogen and oxygen atoms in total. The molecular formula is C13H15ClFN3O. The van der Waals surface area contributed by atoms with E-state index >= 15 is 0 Å². The Labute approximate surface area is 115 Å². The van der Waals surface area contributed by atoms with E-state index < -0.39 is 0 Å². The van der Waals surface area contributed by atoms with Gasteiger partial charge in [0.15, 0.2) is 0 Å². The number of benzene rings is 1. The van der Waals surface area contributed by atoms with E-state index in [-0.39, 0.29) is 18.5 Å². The molecular weight excluding hydrogens is 269 g/mol. The van der Waals surface area contributed by atoms with Crippen molar-refractivity contribution in [2.24, 2.45) is 0 Å². The van der Waals surface area contributed by atoms with Crippen molar-refractivity contribution in [3.63, 3.8) is 0 Å². The molecule has 0 fully saturated rings. The van der Waals surface area contributed by atoms with Crippen molar-refractivity contribution in [2.45, 2.75) is 19.5 Å². The molecule has 1 aromatic carbocycles. The normalized spacial score (nSPS) is 12.4. The quantitative estimate of drug-likeness (QED) is 0.887. The van der Waals surface area contributed by atoms with Crippen LogP contribution in [0, 0.1) is 5.82 Å². The Morgan fingerprint density at radius 2 is 2.32 bits per heavy atom. The lowest BCUT2D eigenvalue weighted by Gasteiger charge is -2.15. The van der Waals surface area contributed by atoms with Crippen LogP contribution in [0.4, 0.5) is 10.1 Å². The molecule has 0 spiro atoms. The molecule has 0 saturated carbocycles. The molecule has 6 heteroatoms. The summed E-state index contributed by atoms with van der Waals surface area (Å²) < 4.78 is 14.6. The van der Waals surface area contributed by atoms with E-state index in [4.69, 9.17) is 16.7 Å². The highest BCUT2D eigenvalue weighted by Crippen LogP contribution is 2.26. The molecule has 1 atom stereocenters. The zero-order chi connectivity index (χ0) is 13.8. The summed E-state index contributed by atoms with van der Waals surface area (Å²) in [4.78, 5) is 0. The van der Waals surface area contributed by atoms with E-state index in [9.17, 15) is 4.39 Å². The Kier molecular flexibility index (Phi) is 4.39. The average molecular weight is 284 g/mol. The van der Waals surface area contributed by atoms with Gasteiger partial charge in [-0.05, 0) is 24.6 Å². The van der Waals surface area contributed by atoms with Crippen molar-refractivity contribution in [3.8, 4) is 0 Å². The third-order valence-corrected chi connectivity index (χ3v) is 3.10. The first-order valence-corrected chi connectivity index (χ1v) is 6.32. The standard InChI is InChI=1S/C13H15ClFN3O/c1-9(12-3-2-10(15)6-13(12)14)17-11-7-16-18(8-11)4-5-19/h2-3,6-9,17,19H,4-5H2,1H3. The van der Waals surface area contributed by atoms with Gasteiger partial charge in [-0.25, -0.2) is 4.39 Å². The Bertz CT molecular complexity index is 559. The first-order valence-electron chi connectivity index (χ1n) is 5.95. The van der Waals surface area contributed by atoms with Crippen LogP contribution >= 0.6 is 11.6 Å². The van der Waals surface area contributed by atoms with Crippen molar-refractivity contribution in [2.75, 3.05) is 11.9 Å². The fourth-order valence-electron chi connectivity index (χ4n) is 1.84. The predicted octanol–water partition coefficient (Wildman–Crippen LogP) is 2.84. The summed E-state index contributed by atoms with van der Waals surface area (Å²) in [6.07, 6.45) is 3.47. The minimum atomic E-state index is -0.350. The van der Waals surface area contributed by atoms with Crippen molar-refractivity contribution in [3.05, 3.63) is 47.0 Å². The Morgan fingerprint density at radius 1 is 1.53 bits per heavy atom. The van der Waals surface area contributed by atoms with Crippen molar-refractivity contribution in [1.29, 1.82) is 0 Å². The van der Waals surface area contributed by atoms with Gasteiger partial charge in [-0.3, -0.25) is 4.68 Å². The van der Waals surface area contributed by atoms with Crippen LogP contribution in [-0.2, 0) is 6.54 Å². The molecule has 1 unspecified atom stereocenters. The smallest absolute Gasteiger partial charge is 0.124 e. The summed E-state index contributed by atoms with van der Waals surface area (Å²) >= 11 is 6.01. The molecule has 2 rings (SSSR count). The van der Waals surface area contributed by atoms with Crippen LogP contribution in [0.25, 0.3) is 0 Å². The summed E-state index contributed by atoms with van der Waals surface area (Å²) in [6, 6.07) is 4.27. The number of anilines is 1. The lowest BCUT2D eigenvalue weighted by molar-refractivity contribution is 0.269. The number of rotatable bonds is 5. The maximum absolute atomic E-state index is 13.0. The van der Waals surface area contributed by atoms with Crippen LogP contribution < -0.4 is 5.32 Å². The lowest BCUT2D eigenvalue weighted by atomic mass is 10.1. The Morgan fingerprint density at radius 3 is 3.00 bits per heavy atom. The van der Waals surface area contributed by atoms with Gasteiger partial charge in [0.25, 0.3) is 0 Å². The van der Waals surface area contributed by atoms with Crippen LogP contribution in [0.15, 0.2) is 30.6 Å². The highest BCUT2D eigenvalue weighted by molar-refractivity contribution is 6.31. The Balaban J connectivity index is 2.09. The largest absolute Gasteiger partial charge is 0.394 e. The van der Waals surface area contributed by atoms with Crippen LogP contribution in [0.3, 0.4) is 0 Å². The number of nitrogens with zero attached hydrogens (tertiary/aromatic N) is 2. The van der Waals surface area contributed by atoms with Crippen molar-refractivity contribution in [1.82, 2.24) is 9.78 Å². The second-order valence-electron chi connectivity index (χ2n) is 4.25. The summed E-state index contributed by atoms with van der Waals surface area (Å²) in [6.45, 7) is 2.43. The highest BCUT2D eigenvalue weighted by atomic mass is 35.5.